The van der Waals surface area contributed by atoms with Crippen LogP contribution in [-0.4, -0.2) is 52.6 Å². The van der Waals surface area contributed by atoms with Gasteiger partial charge in [-0.1, -0.05) is 17.7 Å². The maximum absolute atomic E-state index is 13.0. The lowest BCUT2D eigenvalue weighted by Crippen LogP contribution is -2.40. The molecule has 0 bridgehead atoms. The Morgan fingerprint density at radius 3 is 2.75 bits per heavy atom. The third-order valence-corrected chi connectivity index (χ3v) is 4.99. The van der Waals surface area contributed by atoms with Gasteiger partial charge in [0, 0.05) is 48.5 Å². The lowest BCUT2D eigenvalue weighted by atomic mass is 10.1. The van der Waals surface area contributed by atoms with E-state index in [1.807, 2.05) is 23.9 Å². The molecule has 2 aromatic heterocycles. The number of hydrogen-bond donors (Lipinski definition) is 1. The topological polar surface area (TPSA) is 76.5 Å². The second kappa shape index (κ2) is 7.61. The van der Waals surface area contributed by atoms with Gasteiger partial charge in [-0.25, -0.2) is 4.98 Å². The highest BCUT2D eigenvalue weighted by Gasteiger charge is 2.23. The van der Waals surface area contributed by atoms with Crippen LogP contribution < -0.4 is 5.32 Å². The van der Waals surface area contributed by atoms with Crippen molar-refractivity contribution in [2.24, 2.45) is 7.05 Å². The molecule has 1 aliphatic rings. The number of hydrogen-bond acceptors (Lipinski definition) is 4. The lowest BCUT2D eigenvalue weighted by molar-refractivity contribution is 0.0303. The average molecular weight is 399 g/mol. The van der Waals surface area contributed by atoms with Crippen LogP contribution in [-0.2, 0) is 11.8 Å². The van der Waals surface area contributed by atoms with Gasteiger partial charge in [0.25, 0.3) is 11.8 Å². The van der Waals surface area contributed by atoms with E-state index in [2.05, 4.69) is 10.3 Å². The SMILES string of the molecule is Cn1ccc2c(NC(=O)c3cccc(Cl)c3)ncc(C(=O)N3CCOCC3)c21. The summed E-state index contributed by atoms with van der Waals surface area (Å²) < 4.78 is 7.18. The smallest absolute Gasteiger partial charge is 0.257 e. The van der Waals surface area contributed by atoms with Crippen LogP contribution in [0.15, 0.2) is 42.7 Å². The van der Waals surface area contributed by atoms with E-state index in [-0.39, 0.29) is 11.8 Å². The molecule has 8 heteroatoms. The molecule has 0 atom stereocenters. The molecule has 1 aliphatic heterocycles. The highest BCUT2D eigenvalue weighted by atomic mass is 35.5. The minimum atomic E-state index is -0.313. The lowest BCUT2D eigenvalue weighted by Gasteiger charge is -2.27. The van der Waals surface area contributed by atoms with Crippen LogP contribution in [0.25, 0.3) is 10.9 Å². The third kappa shape index (κ3) is 3.46. The first-order chi connectivity index (χ1) is 13.5. The van der Waals surface area contributed by atoms with Crippen molar-refractivity contribution in [3.05, 3.63) is 58.9 Å². The van der Waals surface area contributed by atoms with Crippen LogP contribution in [0, 0.1) is 0 Å². The fourth-order valence-corrected chi connectivity index (χ4v) is 3.51. The van der Waals surface area contributed by atoms with Crippen molar-refractivity contribution in [2.45, 2.75) is 0 Å². The maximum Gasteiger partial charge on any atom is 0.257 e. The fraction of sp³-hybridized carbons (Fsp3) is 0.250. The van der Waals surface area contributed by atoms with Gasteiger partial charge in [-0.2, -0.15) is 0 Å². The number of nitrogens with zero attached hydrogens (tertiary/aromatic N) is 3. The van der Waals surface area contributed by atoms with E-state index >= 15 is 0 Å². The number of aryl methyl sites for hydroxylation is 1. The van der Waals surface area contributed by atoms with Gasteiger partial charge in [0.15, 0.2) is 0 Å². The van der Waals surface area contributed by atoms with Crippen molar-refractivity contribution >= 4 is 40.1 Å². The number of benzene rings is 1. The summed E-state index contributed by atoms with van der Waals surface area (Å²) in [6, 6.07) is 8.53. The Kier molecular flexibility index (Phi) is 5.02. The largest absolute Gasteiger partial charge is 0.378 e. The van der Waals surface area contributed by atoms with Crippen LogP contribution in [0.2, 0.25) is 5.02 Å². The second-order valence-corrected chi connectivity index (χ2v) is 7.01. The van der Waals surface area contributed by atoms with Crippen LogP contribution >= 0.6 is 11.6 Å². The fourth-order valence-electron chi connectivity index (χ4n) is 3.32. The molecule has 2 amide bonds. The zero-order valence-corrected chi connectivity index (χ0v) is 16.1. The number of carbonyl (C=O) groups is 2. The highest BCUT2D eigenvalue weighted by Crippen LogP contribution is 2.27. The summed E-state index contributed by atoms with van der Waals surface area (Å²) >= 11 is 5.97. The van der Waals surface area contributed by atoms with Gasteiger partial charge in [-0.05, 0) is 24.3 Å². The van der Waals surface area contributed by atoms with Crippen molar-refractivity contribution in [1.29, 1.82) is 0 Å². The van der Waals surface area contributed by atoms with Gasteiger partial charge in [0.1, 0.15) is 5.82 Å². The number of ether oxygens (including phenoxy) is 1. The number of anilines is 1. The zero-order chi connectivity index (χ0) is 19.7. The Bertz CT molecular complexity index is 1060. The number of nitrogens with one attached hydrogen (secondary N) is 1. The van der Waals surface area contributed by atoms with Crippen LogP contribution in [0.5, 0.6) is 0 Å². The minimum absolute atomic E-state index is 0.0877. The molecule has 1 saturated heterocycles. The zero-order valence-electron chi connectivity index (χ0n) is 15.3. The van der Waals surface area contributed by atoms with Crippen molar-refractivity contribution in [1.82, 2.24) is 14.5 Å². The molecule has 0 spiro atoms. The van der Waals surface area contributed by atoms with Crippen molar-refractivity contribution < 1.29 is 14.3 Å². The first-order valence-corrected chi connectivity index (χ1v) is 9.30. The highest BCUT2D eigenvalue weighted by molar-refractivity contribution is 6.31. The van der Waals surface area contributed by atoms with Gasteiger partial charge in [-0.15, -0.1) is 0 Å². The van der Waals surface area contributed by atoms with E-state index in [0.29, 0.717) is 53.7 Å². The Hall–Kier alpha value is -2.90. The van der Waals surface area contributed by atoms with Crippen LogP contribution in [0.1, 0.15) is 20.7 Å². The van der Waals surface area contributed by atoms with Gasteiger partial charge in [-0.3, -0.25) is 9.59 Å². The molecule has 28 heavy (non-hydrogen) atoms. The molecular formula is C20H19ClN4O3. The monoisotopic (exact) mass is 398 g/mol. The van der Waals surface area contributed by atoms with Gasteiger partial charge >= 0.3 is 0 Å². The average Bonchev–Trinajstić information content (AvgIpc) is 3.11. The Balaban J connectivity index is 1.68. The maximum atomic E-state index is 13.0. The molecule has 3 aromatic rings. The number of rotatable bonds is 3. The number of aromatic nitrogens is 2. The molecule has 4 rings (SSSR count). The predicted octanol–water partition coefficient (Wildman–Crippen LogP) is 2.95. The quantitative estimate of drug-likeness (QED) is 0.735. The van der Waals surface area contributed by atoms with Crippen molar-refractivity contribution in [3.8, 4) is 0 Å². The van der Waals surface area contributed by atoms with E-state index in [9.17, 15) is 9.59 Å². The van der Waals surface area contributed by atoms with Gasteiger partial charge < -0.3 is 19.5 Å². The van der Waals surface area contributed by atoms with E-state index in [0.717, 1.165) is 5.52 Å². The standard InChI is InChI=1S/C20H19ClN4O3/c1-24-6-5-15-17(24)16(20(27)25-7-9-28-10-8-25)12-22-18(15)23-19(26)13-3-2-4-14(21)11-13/h2-6,11-12H,7-10H2,1H3,(H,22,23,26). The van der Waals surface area contributed by atoms with Crippen molar-refractivity contribution in [3.63, 3.8) is 0 Å². The summed E-state index contributed by atoms with van der Waals surface area (Å²) in [4.78, 5) is 31.7. The van der Waals surface area contributed by atoms with Crippen molar-refractivity contribution in [2.75, 3.05) is 31.6 Å². The molecule has 7 nitrogen and oxygen atoms in total. The number of pyridine rings is 1. The molecular weight excluding hydrogens is 380 g/mol. The summed E-state index contributed by atoms with van der Waals surface area (Å²) in [7, 11) is 1.86. The summed E-state index contributed by atoms with van der Waals surface area (Å²) in [5.41, 5.74) is 1.67. The van der Waals surface area contributed by atoms with E-state index < -0.39 is 0 Å². The Labute approximate surface area is 166 Å². The first kappa shape index (κ1) is 18.5. The van der Waals surface area contributed by atoms with E-state index in [1.165, 1.54) is 6.20 Å². The summed E-state index contributed by atoms with van der Waals surface area (Å²) in [6.07, 6.45) is 3.37. The van der Waals surface area contributed by atoms with Crippen LogP contribution in [0.3, 0.4) is 0 Å². The number of carbonyl (C=O) groups excluding carboxylic acids is 2. The molecule has 0 unspecified atom stereocenters. The number of amides is 2. The number of fused-ring (bicyclic) bond motifs is 1. The molecule has 1 N–H and O–H groups in total. The Morgan fingerprint density at radius 2 is 2.00 bits per heavy atom. The van der Waals surface area contributed by atoms with E-state index in [4.69, 9.17) is 16.3 Å². The van der Waals surface area contributed by atoms with E-state index in [1.54, 1.807) is 29.2 Å². The molecule has 3 heterocycles. The molecule has 0 saturated carbocycles. The number of morpholine rings is 1. The second-order valence-electron chi connectivity index (χ2n) is 6.58. The molecule has 0 aliphatic carbocycles. The minimum Gasteiger partial charge on any atom is -0.378 e. The predicted molar refractivity (Wildman–Crippen MR) is 107 cm³/mol. The normalized spacial score (nSPS) is 14.3. The molecule has 1 fully saturated rings. The van der Waals surface area contributed by atoms with Gasteiger partial charge in [0.2, 0.25) is 0 Å². The van der Waals surface area contributed by atoms with Gasteiger partial charge in [0.05, 0.1) is 24.3 Å². The summed E-state index contributed by atoms with van der Waals surface area (Å²) in [5.74, 6) is 0.00169. The molecule has 0 radical (unpaired) electrons. The first-order valence-electron chi connectivity index (χ1n) is 8.92. The molecule has 144 valence electrons. The van der Waals surface area contributed by atoms with Crippen LogP contribution in [0.4, 0.5) is 5.82 Å². The number of halogens is 1. The summed E-state index contributed by atoms with van der Waals surface area (Å²) in [5, 5.41) is 4.01. The third-order valence-electron chi connectivity index (χ3n) is 4.75. The molecule has 1 aromatic carbocycles. The Morgan fingerprint density at radius 1 is 1.21 bits per heavy atom. The summed E-state index contributed by atoms with van der Waals surface area (Å²) in [6.45, 7) is 2.17.